The Balaban J connectivity index is 1.43. The Kier molecular flexibility index (Phi) is 4.50. The average Bonchev–Trinajstić information content (AvgIpc) is 3.11. The molecule has 3 aromatic rings. The number of carbonyl (C=O) groups is 1. The van der Waals surface area contributed by atoms with Gasteiger partial charge in [0.2, 0.25) is 0 Å². The van der Waals surface area contributed by atoms with E-state index in [4.69, 9.17) is 0 Å². The van der Waals surface area contributed by atoms with Crippen molar-refractivity contribution in [2.24, 2.45) is 0 Å². The van der Waals surface area contributed by atoms with Crippen molar-refractivity contribution in [3.8, 4) is 0 Å². The normalized spacial score (nSPS) is 16.0. The molecule has 0 saturated carbocycles. The number of nitrogens with one attached hydrogen (secondary N) is 1. The van der Waals surface area contributed by atoms with Crippen LogP contribution in [0.4, 0.5) is 0 Å². The van der Waals surface area contributed by atoms with Crippen LogP contribution in [0.3, 0.4) is 0 Å². The van der Waals surface area contributed by atoms with Crippen molar-refractivity contribution < 1.29 is 4.79 Å². The minimum Gasteiger partial charge on any atom is -0.346 e. The fourth-order valence-corrected chi connectivity index (χ4v) is 4.00. The fraction of sp³-hybridized carbons (Fsp3) is 0.391. The number of piperidine rings is 1. The maximum Gasteiger partial charge on any atom is 0.253 e. The third-order valence-electron chi connectivity index (χ3n) is 5.70. The molecule has 27 heavy (non-hydrogen) atoms. The highest BCUT2D eigenvalue weighted by molar-refractivity contribution is 5.94. The van der Waals surface area contributed by atoms with Crippen LogP contribution in [0.5, 0.6) is 0 Å². The molecule has 140 valence electrons. The molecule has 0 atom stereocenters. The number of hydrogen-bond acceptors (Lipinski definition) is 2. The van der Waals surface area contributed by atoms with Crippen LogP contribution < -0.4 is 0 Å². The molecule has 1 N–H and O–H groups in total. The molecule has 1 aromatic carbocycles. The van der Waals surface area contributed by atoms with E-state index in [2.05, 4.69) is 55.1 Å². The van der Waals surface area contributed by atoms with Crippen LogP contribution in [-0.4, -0.2) is 33.9 Å². The zero-order chi connectivity index (χ0) is 19.0. The first-order chi connectivity index (χ1) is 12.9. The van der Waals surface area contributed by atoms with Crippen molar-refractivity contribution in [2.75, 3.05) is 13.1 Å². The molecule has 1 fully saturated rings. The molecule has 0 radical (unpaired) electrons. The van der Waals surface area contributed by atoms with E-state index in [0.29, 0.717) is 5.92 Å². The van der Waals surface area contributed by atoms with Crippen molar-refractivity contribution in [3.05, 3.63) is 65.5 Å². The Bertz CT molecular complexity index is 942. The molecule has 1 saturated heterocycles. The number of H-pyrrole nitrogens is 1. The molecule has 4 nitrogen and oxygen atoms in total. The van der Waals surface area contributed by atoms with Crippen LogP contribution in [0.2, 0.25) is 0 Å². The zero-order valence-corrected chi connectivity index (χ0v) is 16.3. The van der Waals surface area contributed by atoms with E-state index in [-0.39, 0.29) is 11.3 Å². The van der Waals surface area contributed by atoms with Crippen molar-refractivity contribution in [1.29, 1.82) is 0 Å². The molecule has 0 aliphatic carbocycles. The number of rotatable bonds is 2. The third kappa shape index (κ3) is 3.48. The van der Waals surface area contributed by atoms with Gasteiger partial charge in [-0.1, -0.05) is 32.9 Å². The van der Waals surface area contributed by atoms with Crippen molar-refractivity contribution in [1.82, 2.24) is 14.9 Å². The molecule has 3 heterocycles. The minimum absolute atomic E-state index is 0.105. The van der Waals surface area contributed by atoms with Gasteiger partial charge in [-0.25, -0.2) is 4.98 Å². The monoisotopic (exact) mass is 361 g/mol. The van der Waals surface area contributed by atoms with E-state index < -0.39 is 0 Å². The summed E-state index contributed by atoms with van der Waals surface area (Å²) in [4.78, 5) is 22.5. The van der Waals surface area contributed by atoms with Gasteiger partial charge < -0.3 is 9.88 Å². The summed E-state index contributed by atoms with van der Waals surface area (Å²) in [5.74, 6) is 0.629. The SMILES string of the molecule is CC(C)(C)c1ccc(C(=O)N2CCC(c3c[nH]c4ncccc34)CC2)cc1. The van der Waals surface area contributed by atoms with Gasteiger partial charge in [0.05, 0.1) is 0 Å². The topological polar surface area (TPSA) is 49.0 Å². The first-order valence-electron chi connectivity index (χ1n) is 9.75. The van der Waals surface area contributed by atoms with Gasteiger partial charge in [-0.05, 0) is 59.6 Å². The third-order valence-corrected chi connectivity index (χ3v) is 5.70. The lowest BCUT2D eigenvalue weighted by atomic mass is 9.86. The Morgan fingerprint density at radius 1 is 1.11 bits per heavy atom. The summed E-state index contributed by atoms with van der Waals surface area (Å²) in [7, 11) is 0. The smallest absolute Gasteiger partial charge is 0.253 e. The summed E-state index contributed by atoms with van der Waals surface area (Å²) in [6.45, 7) is 8.17. The molecule has 1 aliphatic heterocycles. The van der Waals surface area contributed by atoms with Crippen LogP contribution in [0.25, 0.3) is 11.0 Å². The van der Waals surface area contributed by atoms with Gasteiger partial charge in [-0.15, -0.1) is 0 Å². The Labute approximate surface area is 160 Å². The molecule has 0 spiro atoms. The number of nitrogens with zero attached hydrogens (tertiary/aromatic N) is 2. The summed E-state index contributed by atoms with van der Waals surface area (Å²) in [6, 6.07) is 12.2. The highest BCUT2D eigenvalue weighted by Crippen LogP contribution is 2.33. The largest absolute Gasteiger partial charge is 0.346 e. The van der Waals surface area contributed by atoms with Crippen LogP contribution in [0.1, 0.15) is 61.0 Å². The molecular formula is C23H27N3O. The predicted molar refractivity (Wildman–Crippen MR) is 109 cm³/mol. The van der Waals surface area contributed by atoms with Gasteiger partial charge in [-0.2, -0.15) is 0 Å². The summed E-state index contributed by atoms with van der Waals surface area (Å²) in [5, 5.41) is 1.21. The lowest BCUT2D eigenvalue weighted by Gasteiger charge is -2.32. The second kappa shape index (κ2) is 6.84. The number of benzene rings is 1. The van der Waals surface area contributed by atoms with E-state index in [1.807, 2.05) is 29.3 Å². The number of carbonyl (C=O) groups excluding carboxylic acids is 1. The number of pyridine rings is 1. The van der Waals surface area contributed by atoms with Crippen LogP contribution in [0, 0.1) is 0 Å². The van der Waals surface area contributed by atoms with E-state index in [1.54, 1.807) is 0 Å². The van der Waals surface area contributed by atoms with Gasteiger partial charge in [0, 0.05) is 36.4 Å². The summed E-state index contributed by atoms with van der Waals surface area (Å²) in [6.07, 6.45) is 5.89. The van der Waals surface area contributed by atoms with E-state index >= 15 is 0 Å². The second-order valence-electron chi connectivity index (χ2n) is 8.54. The van der Waals surface area contributed by atoms with E-state index in [9.17, 15) is 4.79 Å². The molecule has 1 amide bonds. The molecule has 0 unspecified atom stereocenters. The highest BCUT2D eigenvalue weighted by atomic mass is 16.2. The molecular weight excluding hydrogens is 334 g/mol. The highest BCUT2D eigenvalue weighted by Gasteiger charge is 2.26. The summed E-state index contributed by atoms with van der Waals surface area (Å²) >= 11 is 0. The van der Waals surface area contributed by atoms with Crippen LogP contribution in [0.15, 0.2) is 48.8 Å². The Morgan fingerprint density at radius 2 is 1.81 bits per heavy atom. The van der Waals surface area contributed by atoms with Crippen LogP contribution >= 0.6 is 0 Å². The number of aromatic amines is 1. The number of amides is 1. The minimum atomic E-state index is 0.105. The van der Waals surface area contributed by atoms with Gasteiger partial charge in [0.25, 0.3) is 5.91 Å². The second-order valence-corrected chi connectivity index (χ2v) is 8.54. The Hall–Kier alpha value is -2.62. The van der Waals surface area contributed by atoms with Crippen LogP contribution in [-0.2, 0) is 5.41 Å². The van der Waals surface area contributed by atoms with Crippen molar-refractivity contribution in [3.63, 3.8) is 0 Å². The van der Waals surface area contributed by atoms with E-state index in [0.717, 1.165) is 37.1 Å². The number of aromatic nitrogens is 2. The molecule has 4 heteroatoms. The average molecular weight is 361 g/mol. The molecule has 2 aromatic heterocycles. The molecule has 0 bridgehead atoms. The lowest BCUT2D eigenvalue weighted by Crippen LogP contribution is -2.37. The zero-order valence-electron chi connectivity index (χ0n) is 16.3. The van der Waals surface area contributed by atoms with Crippen molar-refractivity contribution >= 4 is 16.9 Å². The maximum absolute atomic E-state index is 12.9. The first-order valence-corrected chi connectivity index (χ1v) is 9.75. The van der Waals surface area contributed by atoms with Crippen molar-refractivity contribution in [2.45, 2.75) is 44.9 Å². The molecule has 1 aliphatic rings. The lowest BCUT2D eigenvalue weighted by molar-refractivity contribution is 0.0713. The standard InChI is InChI=1S/C23H27N3O/c1-23(2,3)18-8-6-17(7-9-18)22(27)26-13-10-16(11-14-26)20-15-25-21-19(20)5-4-12-24-21/h4-9,12,15-16H,10-11,13-14H2,1-3H3,(H,24,25). The summed E-state index contributed by atoms with van der Waals surface area (Å²) < 4.78 is 0. The predicted octanol–water partition coefficient (Wildman–Crippen LogP) is 4.88. The van der Waals surface area contributed by atoms with Gasteiger partial charge >= 0.3 is 0 Å². The number of fused-ring (bicyclic) bond motifs is 1. The van der Waals surface area contributed by atoms with E-state index in [1.165, 1.54) is 16.5 Å². The fourth-order valence-electron chi connectivity index (χ4n) is 4.00. The Morgan fingerprint density at radius 3 is 2.48 bits per heavy atom. The van der Waals surface area contributed by atoms with Gasteiger partial charge in [0.1, 0.15) is 5.65 Å². The maximum atomic E-state index is 12.9. The van der Waals surface area contributed by atoms with Gasteiger partial charge in [-0.3, -0.25) is 4.79 Å². The molecule has 4 rings (SSSR count). The number of likely N-dealkylation sites (tertiary alicyclic amines) is 1. The first kappa shape index (κ1) is 17.8. The summed E-state index contributed by atoms with van der Waals surface area (Å²) in [5.41, 5.74) is 4.43. The number of hydrogen-bond donors (Lipinski definition) is 1. The quantitative estimate of drug-likeness (QED) is 0.707. The van der Waals surface area contributed by atoms with Gasteiger partial charge in [0.15, 0.2) is 0 Å².